The Balaban J connectivity index is 2.17. The summed E-state index contributed by atoms with van der Waals surface area (Å²) in [5.41, 5.74) is 2.63. The number of halogens is 1. The van der Waals surface area contributed by atoms with Crippen molar-refractivity contribution in [2.24, 2.45) is 0 Å². The van der Waals surface area contributed by atoms with E-state index in [1.807, 2.05) is 6.07 Å². The molecule has 21 heavy (non-hydrogen) atoms. The van der Waals surface area contributed by atoms with Gasteiger partial charge in [0.1, 0.15) is 0 Å². The molecular formula is C17H27ClN2O. The number of hydrogen-bond donors (Lipinski definition) is 1. The van der Waals surface area contributed by atoms with Crippen LogP contribution in [0, 0.1) is 0 Å². The van der Waals surface area contributed by atoms with E-state index in [4.69, 9.17) is 16.3 Å². The Morgan fingerprint density at radius 3 is 2.57 bits per heavy atom. The van der Waals surface area contributed by atoms with Crippen LogP contribution >= 0.6 is 11.6 Å². The minimum Gasteiger partial charge on any atom is -0.381 e. The van der Waals surface area contributed by atoms with Crippen LogP contribution < -0.4 is 10.2 Å². The molecule has 4 heteroatoms. The van der Waals surface area contributed by atoms with Gasteiger partial charge in [0.2, 0.25) is 0 Å². The molecule has 3 nitrogen and oxygen atoms in total. The molecule has 0 spiro atoms. The Morgan fingerprint density at radius 1 is 1.29 bits per heavy atom. The Bertz CT molecular complexity index is 464. The van der Waals surface area contributed by atoms with Crippen LogP contribution in [-0.4, -0.2) is 31.8 Å². The summed E-state index contributed by atoms with van der Waals surface area (Å²) >= 11 is 6.22. The van der Waals surface area contributed by atoms with E-state index in [0.29, 0.717) is 6.04 Å². The molecule has 1 N–H and O–H groups in total. The average Bonchev–Trinajstić information content (AvgIpc) is 2.45. The molecule has 0 atom stereocenters. The number of benzene rings is 1. The van der Waals surface area contributed by atoms with Crippen LogP contribution in [0.4, 0.5) is 5.69 Å². The molecule has 0 aliphatic carbocycles. The highest BCUT2D eigenvalue weighted by Crippen LogP contribution is 2.28. The summed E-state index contributed by atoms with van der Waals surface area (Å²) in [6.07, 6.45) is 2.16. The second-order valence-corrected chi connectivity index (χ2v) is 7.27. The smallest absolute Gasteiger partial charge is 0.0485 e. The van der Waals surface area contributed by atoms with Crippen molar-refractivity contribution in [2.75, 3.05) is 25.2 Å². The Labute approximate surface area is 133 Å². The van der Waals surface area contributed by atoms with Crippen molar-refractivity contribution < 1.29 is 4.74 Å². The van der Waals surface area contributed by atoms with Gasteiger partial charge in [0.05, 0.1) is 0 Å². The molecule has 0 bridgehead atoms. The van der Waals surface area contributed by atoms with E-state index in [2.05, 4.69) is 50.2 Å². The molecule has 1 aliphatic rings. The predicted octanol–water partition coefficient (Wildman–Crippen LogP) is 3.84. The summed E-state index contributed by atoms with van der Waals surface area (Å²) in [7, 11) is 2.17. The van der Waals surface area contributed by atoms with Crippen molar-refractivity contribution in [3.8, 4) is 0 Å². The largest absolute Gasteiger partial charge is 0.381 e. The zero-order valence-electron chi connectivity index (χ0n) is 13.6. The fraction of sp³-hybridized carbons (Fsp3) is 0.647. The topological polar surface area (TPSA) is 24.5 Å². The monoisotopic (exact) mass is 310 g/mol. The minimum absolute atomic E-state index is 0.105. The first-order valence-corrected chi connectivity index (χ1v) is 8.08. The Hall–Kier alpha value is -0.770. The lowest BCUT2D eigenvalue weighted by molar-refractivity contribution is 0.0854. The van der Waals surface area contributed by atoms with Gasteiger partial charge in [0.15, 0.2) is 0 Å². The van der Waals surface area contributed by atoms with E-state index in [0.717, 1.165) is 37.6 Å². The van der Waals surface area contributed by atoms with Crippen LogP contribution in [-0.2, 0) is 11.3 Å². The van der Waals surface area contributed by atoms with Crippen molar-refractivity contribution in [2.45, 2.75) is 51.7 Å². The second kappa shape index (κ2) is 6.99. The predicted molar refractivity (Wildman–Crippen MR) is 90.3 cm³/mol. The fourth-order valence-corrected chi connectivity index (χ4v) is 2.81. The molecule has 0 radical (unpaired) electrons. The second-order valence-electron chi connectivity index (χ2n) is 6.83. The van der Waals surface area contributed by atoms with Crippen molar-refractivity contribution in [3.05, 3.63) is 28.8 Å². The van der Waals surface area contributed by atoms with Crippen LogP contribution in [0.3, 0.4) is 0 Å². The molecule has 0 saturated carbocycles. The molecule has 2 rings (SSSR count). The van der Waals surface area contributed by atoms with Gasteiger partial charge in [0.25, 0.3) is 0 Å². The van der Waals surface area contributed by atoms with Gasteiger partial charge in [-0.3, -0.25) is 0 Å². The molecule has 0 amide bonds. The number of anilines is 1. The van der Waals surface area contributed by atoms with Gasteiger partial charge >= 0.3 is 0 Å². The quantitative estimate of drug-likeness (QED) is 0.914. The van der Waals surface area contributed by atoms with Gasteiger partial charge in [0, 0.05) is 49.1 Å². The third kappa shape index (κ3) is 4.87. The van der Waals surface area contributed by atoms with Crippen LogP contribution in [0.5, 0.6) is 0 Å². The van der Waals surface area contributed by atoms with E-state index in [9.17, 15) is 0 Å². The molecule has 1 aliphatic heterocycles. The lowest BCUT2D eigenvalue weighted by Gasteiger charge is -2.34. The van der Waals surface area contributed by atoms with Gasteiger partial charge in [-0.05, 0) is 51.3 Å². The van der Waals surface area contributed by atoms with Crippen molar-refractivity contribution in [3.63, 3.8) is 0 Å². The maximum Gasteiger partial charge on any atom is 0.0485 e. The highest BCUT2D eigenvalue weighted by Gasteiger charge is 2.21. The van der Waals surface area contributed by atoms with E-state index in [1.54, 1.807) is 0 Å². The zero-order valence-corrected chi connectivity index (χ0v) is 14.3. The molecular weight excluding hydrogens is 284 g/mol. The fourth-order valence-electron chi connectivity index (χ4n) is 2.64. The lowest BCUT2D eigenvalue weighted by atomic mass is 10.0. The highest BCUT2D eigenvalue weighted by molar-refractivity contribution is 6.30. The molecule has 1 aromatic rings. The van der Waals surface area contributed by atoms with Crippen molar-refractivity contribution in [1.29, 1.82) is 0 Å². The number of nitrogens with one attached hydrogen (secondary N) is 1. The van der Waals surface area contributed by atoms with Gasteiger partial charge in [-0.2, -0.15) is 0 Å². The first-order valence-electron chi connectivity index (χ1n) is 7.71. The Kier molecular flexibility index (Phi) is 5.53. The summed E-state index contributed by atoms with van der Waals surface area (Å²) in [5, 5.41) is 4.36. The van der Waals surface area contributed by atoms with Crippen LogP contribution in [0.2, 0.25) is 5.02 Å². The molecule has 118 valence electrons. The molecule has 1 heterocycles. The Morgan fingerprint density at radius 2 is 1.95 bits per heavy atom. The molecule has 0 aromatic heterocycles. The third-order valence-corrected chi connectivity index (χ3v) is 4.21. The number of nitrogens with zero attached hydrogens (tertiary/aromatic N) is 1. The first kappa shape index (κ1) is 16.6. The first-order chi connectivity index (χ1) is 9.87. The maximum atomic E-state index is 6.22. The van der Waals surface area contributed by atoms with Crippen LogP contribution in [0.15, 0.2) is 18.2 Å². The average molecular weight is 311 g/mol. The molecule has 0 unspecified atom stereocenters. The van der Waals surface area contributed by atoms with Crippen molar-refractivity contribution >= 4 is 17.3 Å². The SMILES string of the molecule is CN(c1cc(Cl)ccc1CNC(C)(C)C)C1CCOCC1. The van der Waals surface area contributed by atoms with Crippen LogP contribution in [0.25, 0.3) is 0 Å². The van der Waals surface area contributed by atoms with Gasteiger partial charge in [-0.15, -0.1) is 0 Å². The lowest BCUT2D eigenvalue weighted by Crippen LogP contribution is -2.38. The molecule has 1 aromatic carbocycles. The standard InChI is InChI=1S/C17H27ClN2O/c1-17(2,3)19-12-13-5-6-14(18)11-16(13)20(4)15-7-9-21-10-8-15/h5-6,11,15,19H,7-10,12H2,1-4H3. The summed E-state index contributed by atoms with van der Waals surface area (Å²) in [6.45, 7) is 9.11. The van der Waals surface area contributed by atoms with Gasteiger partial charge in [-0.1, -0.05) is 17.7 Å². The van der Waals surface area contributed by atoms with Crippen molar-refractivity contribution in [1.82, 2.24) is 5.32 Å². The van der Waals surface area contributed by atoms with E-state index in [1.165, 1.54) is 11.3 Å². The highest BCUT2D eigenvalue weighted by atomic mass is 35.5. The third-order valence-electron chi connectivity index (χ3n) is 3.98. The number of ether oxygens (including phenoxy) is 1. The summed E-state index contributed by atoms with van der Waals surface area (Å²) in [5.74, 6) is 0. The molecule has 1 fully saturated rings. The molecule has 1 saturated heterocycles. The van der Waals surface area contributed by atoms with Crippen LogP contribution in [0.1, 0.15) is 39.2 Å². The normalized spacial score (nSPS) is 17.0. The van der Waals surface area contributed by atoms with Gasteiger partial charge < -0.3 is 15.0 Å². The minimum atomic E-state index is 0.105. The van der Waals surface area contributed by atoms with E-state index >= 15 is 0 Å². The number of rotatable bonds is 4. The van der Waals surface area contributed by atoms with Gasteiger partial charge in [-0.25, -0.2) is 0 Å². The zero-order chi connectivity index (χ0) is 15.5. The van der Waals surface area contributed by atoms with E-state index < -0.39 is 0 Å². The summed E-state index contributed by atoms with van der Waals surface area (Å²) in [6, 6.07) is 6.72. The number of hydrogen-bond acceptors (Lipinski definition) is 3. The summed E-state index contributed by atoms with van der Waals surface area (Å²) in [4.78, 5) is 2.37. The summed E-state index contributed by atoms with van der Waals surface area (Å²) < 4.78 is 5.47. The van der Waals surface area contributed by atoms with E-state index in [-0.39, 0.29) is 5.54 Å². The maximum absolute atomic E-state index is 6.22.